The molecule has 0 aromatic carbocycles. The summed E-state index contributed by atoms with van der Waals surface area (Å²) in [6.45, 7) is 0.0844. The summed E-state index contributed by atoms with van der Waals surface area (Å²) in [5.74, 6) is -0.615. The number of primary sulfonamides is 1. The van der Waals surface area contributed by atoms with Crippen molar-refractivity contribution in [2.45, 2.75) is 57.0 Å². The zero-order valence-electron chi connectivity index (χ0n) is 12.1. The van der Waals surface area contributed by atoms with Crippen molar-refractivity contribution >= 4 is 21.8 Å². The molecule has 8 heteroatoms. The fourth-order valence-electron chi connectivity index (χ4n) is 3.09. The van der Waals surface area contributed by atoms with Crippen molar-refractivity contribution in [2.24, 2.45) is 5.14 Å². The van der Waals surface area contributed by atoms with Gasteiger partial charge in [-0.15, -0.1) is 0 Å². The lowest BCUT2D eigenvalue weighted by atomic mass is 10.1. The molecule has 1 saturated carbocycles. The number of rotatable bonds is 5. The van der Waals surface area contributed by atoms with Crippen molar-refractivity contribution in [3.8, 4) is 0 Å². The summed E-state index contributed by atoms with van der Waals surface area (Å²) in [5.41, 5.74) is 0. The number of sulfonamides is 1. The SMILES string of the molecule is NS(=O)(=O)CCNC1CC(=O)N(C2CCCCCC2)C1=O. The Labute approximate surface area is 125 Å². The first-order valence-corrected chi connectivity index (χ1v) is 9.20. The fourth-order valence-corrected chi connectivity index (χ4v) is 3.49. The maximum atomic E-state index is 12.3. The minimum absolute atomic E-state index is 0.0116. The molecule has 0 aromatic rings. The van der Waals surface area contributed by atoms with Gasteiger partial charge in [0.1, 0.15) is 0 Å². The number of imide groups is 1. The number of likely N-dealkylation sites (tertiary alicyclic amines) is 1. The van der Waals surface area contributed by atoms with Gasteiger partial charge in [-0.3, -0.25) is 14.5 Å². The monoisotopic (exact) mass is 317 g/mol. The molecule has 1 atom stereocenters. The Morgan fingerprint density at radius 2 is 1.76 bits per heavy atom. The van der Waals surface area contributed by atoms with Gasteiger partial charge >= 0.3 is 0 Å². The quantitative estimate of drug-likeness (QED) is 0.535. The molecular formula is C13H23N3O4S. The summed E-state index contributed by atoms with van der Waals surface area (Å²) >= 11 is 0. The Morgan fingerprint density at radius 3 is 2.33 bits per heavy atom. The molecule has 21 heavy (non-hydrogen) atoms. The van der Waals surface area contributed by atoms with Gasteiger partial charge in [-0.2, -0.15) is 0 Å². The summed E-state index contributed by atoms with van der Waals surface area (Å²) in [6, 6.07) is -0.597. The number of nitrogens with two attached hydrogens (primary N) is 1. The zero-order chi connectivity index (χ0) is 15.5. The van der Waals surface area contributed by atoms with Crippen LogP contribution in [0.3, 0.4) is 0 Å². The molecule has 0 radical (unpaired) electrons. The first-order chi connectivity index (χ1) is 9.88. The third-order valence-corrected chi connectivity index (χ3v) is 4.92. The lowest BCUT2D eigenvalue weighted by Crippen LogP contribution is -2.44. The predicted octanol–water partition coefficient (Wildman–Crippen LogP) is -0.285. The topological polar surface area (TPSA) is 110 Å². The summed E-state index contributed by atoms with van der Waals surface area (Å²) in [4.78, 5) is 25.8. The zero-order valence-corrected chi connectivity index (χ0v) is 12.9. The summed E-state index contributed by atoms with van der Waals surface area (Å²) in [5, 5.41) is 7.75. The van der Waals surface area contributed by atoms with Gasteiger partial charge in [-0.05, 0) is 12.8 Å². The second-order valence-electron chi connectivity index (χ2n) is 5.83. The maximum absolute atomic E-state index is 12.3. The second kappa shape index (κ2) is 6.85. The van der Waals surface area contributed by atoms with Crippen molar-refractivity contribution in [1.29, 1.82) is 0 Å². The molecule has 1 unspecified atom stereocenters. The number of nitrogens with one attached hydrogen (secondary N) is 1. The molecule has 120 valence electrons. The summed E-state index contributed by atoms with van der Waals surface area (Å²) in [7, 11) is -3.56. The molecule has 2 amide bonds. The lowest BCUT2D eigenvalue weighted by Gasteiger charge is -2.25. The van der Waals surface area contributed by atoms with E-state index in [2.05, 4.69) is 5.32 Å². The van der Waals surface area contributed by atoms with Crippen molar-refractivity contribution in [3.63, 3.8) is 0 Å². The smallest absolute Gasteiger partial charge is 0.247 e. The molecule has 7 nitrogen and oxygen atoms in total. The highest BCUT2D eigenvalue weighted by Gasteiger charge is 2.41. The van der Waals surface area contributed by atoms with Crippen molar-refractivity contribution in [2.75, 3.05) is 12.3 Å². The van der Waals surface area contributed by atoms with E-state index in [0.29, 0.717) is 0 Å². The first kappa shape index (κ1) is 16.4. The average Bonchev–Trinajstić information content (AvgIpc) is 2.59. The van der Waals surface area contributed by atoms with Crippen LogP contribution in [0.1, 0.15) is 44.9 Å². The predicted molar refractivity (Wildman–Crippen MR) is 77.7 cm³/mol. The Bertz CT molecular complexity index is 498. The van der Waals surface area contributed by atoms with Crippen LogP contribution in [-0.4, -0.2) is 49.5 Å². The third-order valence-electron chi connectivity index (χ3n) is 4.15. The summed E-state index contributed by atoms with van der Waals surface area (Å²) in [6.07, 6.45) is 6.27. The normalized spacial score (nSPS) is 25.4. The Balaban J connectivity index is 1.92. The van der Waals surface area contributed by atoms with Gasteiger partial charge in [0, 0.05) is 12.6 Å². The van der Waals surface area contributed by atoms with Crippen LogP contribution in [0.4, 0.5) is 0 Å². The molecule has 2 rings (SSSR count). The van der Waals surface area contributed by atoms with E-state index in [1.165, 1.54) is 4.90 Å². The Kier molecular flexibility index (Phi) is 5.34. The molecule has 1 aliphatic carbocycles. The van der Waals surface area contributed by atoms with E-state index in [1.807, 2.05) is 0 Å². The number of hydrogen-bond donors (Lipinski definition) is 2. The highest BCUT2D eigenvalue weighted by Crippen LogP contribution is 2.26. The van der Waals surface area contributed by atoms with Gasteiger partial charge in [0.25, 0.3) is 0 Å². The van der Waals surface area contributed by atoms with E-state index in [1.54, 1.807) is 0 Å². The van der Waals surface area contributed by atoms with Gasteiger partial charge in [-0.25, -0.2) is 13.6 Å². The van der Waals surface area contributed by atoms with E-state index in [4.69, 9.17) is 5.14 Å². The van der Waals surface area contributed by atoms with Crippen LogP contribution < -0.4 is 10.5 Å². The number of amides is 2. The van der Waals surface area contributed by atoms with Crippen LogP contribution >= 0.6 is 0 Å². The van der Waals surface area contributed by atoms with Gasteiger partial charge in [0.05, 0.1) is 18.2 Å². The van der Waals surface area contributed by atoms with Crippen LogP contribution in [-0.2, 0) is 19.6 Å². The molecular weight excluding hydrogens is 294 g/mol. The van der Waals surface area contributed by atoms with Crippen LogP contribution in [0.2, 0.25) is 0 Å². The molecule has 0 spiro atoms. The molecule has 0 aromatic heterocycles. The number of nitrogens with zero attached hydrogens (tertiary/aromatic N) is 1. The highest BCUT2D eigenvalue weighted by atomic mass is 32.2. The number of hydrogen-bond acceptors (Lipinski definition) is 5. The lowest BCUT2D eigenvalue weighted by molar-refractivity contribution is -0.141. The van der Waals surface area contributed by atoms with E-state index >= 15 is 0 Å². The van der Waals surface area contributed by atoms with E-state index < -0.39 is 16.1 Å². The van der Waals surface area contributed by atoms with Crippen LogP contribution in [0, 0.1) is 0 Å². The Morgan fingerprint density at radius 1 is 1.14 bits per heavy atom. The molecule has 1 aliphatic heterocycles. The first-order valence-electron chi connectivity index (χ1n) is 7.48. The molecule has 2 fully saturated rings. The second-order valence-corrected chi connectivity index (χ2v) is 7.56. The fraction of sp³-hybridized carbons (Fsp3) is 0.846. The van der Waals surface area contributed by atoms with Crippen LogP contribution in [0.15, 0.2) is 0 Å². The van der Waals surface area contributed by atoms with Gasteiger partial charge in [0.2, 0.25) is 21.8 Å². The molecule has 1 heterocycles. The van der Waals surface area contributed by atoms with Crippen molar-refractivity contribution in [3.05, 3.63) is 0 Å². The number of carbonyl (C=O) groups is 2. The van der Waals surface area contributed by atoms with E-state index in [9.17, 15) is 18.0 Å². The van der Waals surface area contributed by atoms with Crippen molar-refractivity contribution < 1.29 is 18.0 Å². The minimum atomic E-state index is -3.56. The Hall–Kier alpha value is -0.990. The third kappa shape index (κ3) is 4.49. The minimum Gasteiger partial charge on any atom is -0.304 e. The standard InChI is InChI=1S/C13H23N3O4S/c14-21(19,20)8-7-15-11-9-12(17)16(13(11)18)10-5-3-1-2-4-6-10/h10-11,15H,1-9H2,(H2,14,19,20). The van der Waals surface area contributed by atoms with Gasteiger partial charge in [-0.1, -0.05) is 25.7 Å². The molecule has 3 N–H and O–H groups in total. The summed E-state index contributed by atoms with van der Waals surface area (Å²) < 4.78 is 21.8. The van der Waals surface area contributed by atoms with Gasteiger partial charge < -0.3 is 5.32 Å². The molecule has 0 bridgehead atoms. The molecule has 2 aliphatic rings. The highest BCUT2D eigenvalue weighted by molar-refractivity contribution is 7.89. The largest absolute Gasteiger partial charge is 0.304 e. The van der Waals surface area contributed by atoms with Crippen LogP contribution in [0.5, 0.6) is 0 Å². The average molecular weight is 317 g/mol. The van der Waals surface area contributed by atoms with Gasteiger partial charge in [0.15, 0.2) is 0 Å². The molecule has 1 saturated heterocycles. The van der Waals surface area contributed by atoms with E-state index in [0.717, 1.165) is 38.5 Å². The van der Waals surface area contributed by atoms with Crippen molar-refractivity contribution in [1.82, 2.24) is 10.2 Å². The van der Waals surface area contributed by atoms with Crippen LogP contribution in [0.25, 0.3) is 0 Å². The maximum Gasteiger partial charge on any atom is 0.247 e. The van der Waals surface area contributed by atoms with E-state index in [-0.39, 0.29) is 36.6 Å². The number of carbonyl (C=O) groups excluding carboxylic acids is 2.